The highest BCUT2D eigenvalue weighted by Gasteiger charge is 2.09. The molecular weight excluding hydrogens is 275 g/mol. The second kappa shape index (κ2) is 7.05. The number of halogens is 1. The first-order valence-corrected chi connectivity index (χ1v) is 7.21. The number of amides is 1. The first-order valence-electron chi connectivity index (χ1n) is 6.23. The summed E-state index contributed by atoms with van der Waals surface area (Å²) in [6.07, 6.45) is 3.43. The molecule has 1 aromatic heterocycles. The Morgan fingerprint density at radius 3 is 2.75 bits per heavy atom. The smallest absolute Gasteiger partial charge is 0.230 e. The van der Waals surface area contributed by atoms with E-state index in [1.165, 1.54) is 23.9 Å². The van der Waals surface area contributed by atoms with Crippen LogP contribution in [0.3, 0.4) is 0 Å². The summed E-state index contributed by atoms with van der Waals surface area (Å²) in [5, 5.41) is 2.90. The Labute approximate surface area is 121 Å². The van der Waals surface area contributed by atoms with Gasteiger partial charge in [-0.25, -0.2) is 4.39 Å². The summed E-state index contributed by atoms with van der Waals surface area (Å²) in [7, 11) is 0. The van der Waals surface area contributed by atoms with Gasteiger partial charge in [-0.3, -0.25) is 9.78 Å². The average Bonchev–Trinajstić information content (AvgIpc) is 2.47. The molecule has 0 radical (unpaired) electrons. The number of rotatable bonds is 5. The summed E-state index contributed by atoms with van der Waals surface area (Å²) in [6, 6.07) is 9.79. The highest BCUT2D eigenvalue weighted by atomic mass is 32.2. The molecule has 3 nitrogen and oxygen atoms in total. The van der Waals surface area contributed by atoms with E-state index in [2.05, 4.69) is 10.3 Å². The molecule has 2 aromatic rings. The number of thioether (sulfide) groups is 1. The Morgan fingerprint density at radius 1 is 1.35 bits per heavy atom. The molecule has 0 saturated heterocycles. The number of hydrogen-bond acceptors (Lipinski definition) is 3. The van der Waals surface area contributed by atoms with E-state index in [-0.39, 0.29) is 17.8 Å². The Bertz CT molecular complexity index is 560. The molecule has 1 unspecified atom stereocenters. The third kappa shape index (κ3) is 4.35. The molecule has 1 amide bonds. The normalized spacial score (nSPS) is 11.9. The van der Waals surface area contributed by atoms with Crippen molar-refractivity contribution in [3.8, 4) is 0 Å². The van der Waals surface area contributed by atoms with Gasteiger partial charge in [0.25, 0.3) is 0 Å². The maximum absolute atomic E-state index is 12.8. The van der Waals surface area contributed by atoms with E-state index < -0.39 is 0 Å². The summed E-state index contributed by atoms with van der Waals surface area (Å²) in [6.45, 7) is 1.91. The van der Waals surface area contributed by atoms with Crippen molar-refractivity contribution in [2.75, 3.05) is 5.75 Å². The molecule has 5 heteroatoms. The van der Waals surface area contributed by atoms with E-state index >= 15 is 0 Å². The lowest BCUT2D eigenvalue weighted by molar-refractivity contribution is -0.119. The molecule has 1 N–H and O–H groups in total. The fraction of sp³-hybridized carbons (Fsp3) is 0.200. The number of carbonyl (C=O) groups is 1. The van der Waals surface area contributed by atoms with Crippen molar-refractivity contribution in [2.24, 2.45) is 0 Å². The second-order valence-electron chi connectivity index (χ2n) is 4.32. The van der Waals surface area contributed by atoms with E-state index in [9.17, 15) is 9.18 Å². The van der Waals surface area contributed by atoms with Gasteiger partial charge in [0.15, 0.2) is 0 Å². The van der Waals surface area contributed by atoms with Gasteiger partial charge in [0, 0.05) is 17.3 Å². The van der Waals surface area contributed by atoms with Gasteiger partial charge in [-0.15, -0.1) is 11.8 Å². The third-order valence-electron chi connectivity index (χ3n) is 2.75. The van der Waals surface area contributed by atoms with Crippen molar-refractivity contribution in [3.63, 3.8) is 0 Å². The summed E-state index contributed by atoms with van der Waals surface area (Å²) in [5.41, 5.74) is 0.965. The molecular formula is C15H15FN2OS. The lowest BCUT2D eigenvalue weighted by atomic mass is 10.1. The lowest BCUT2D eigenvalue weighted by Gasteiger charge is -2.13. The zero-order chi connectivity index (χ0) is 14.4. The lowest BCUT2D eigenvalue weighted by Crippen LogP contribution is -2.28. The minimum absolute atomic E-state index is 0.0596. The standard InChI is InChI=1S/C15H15FN2OS/c1-11(12-3-2-8-17-9-12)18-15(19)10-20-14-6-4-13(16)5-7-14/h2-9,11H,10H2,1H3,(H,18,19). The maximum atomic E-state index is 12.8. The minimum atomic E-state index is -0.274. The zero-order valence-electron chi connectivity index (χ0n) is 11.0. The van der Waals surface area contributed by atoms with Gasteiger partial charge in [0.1, 0.15) is 5.82 Å². The van der Waals surface area contributed by atoms with Crippen LogP contribution in [0.2, 0.25) is 0 Å². The average molecular weight is 290 g/mol. The van der Waals surface area contributed by atoms with Crippen LogP contribution in [-0.4, -0.2) is 16.6 Å². The van der Waals surface area contributed by atoms with E-state index in [4.69, 9.17) is 0 Å². The number of carbonyl (C=O) groups excluding carboxylic acids is 1. The van der Waals surface area contributed by atoms with Crippen LogP contribution >= 0.6 is 11.8 Å². The maximum Gasteiger partial charge on any atom is 0.230 e. The van der Waals surface area contributed by atoms with Crippen LogP contribution in [0, 0.1) is 5.82 Å². The number of nitrogens with one attached hydrogen (secondary N) is 1. The second-order valence-corrected chi connectivity index (χ2v) is 5.37. The van der Waals surface area contributed by atoms with Crippen LogP contribution in [0.4, 0.5) is 4.39 Å². The number of pyridine rings is 1. The van der Waals surface area contributed by atoms with Gasteiger partial charge in [-0.05, 0) is 42.8 Å². The Hall–Kier alpha value is -1.88. The molecule has 0 bridgehead atoms. The van der Waals surface area contributed by atoms with Crippen molar-refractivity contribution in [3.05, 3.63) is 60.2 Å². The third-order valence-corrected chi connectivity index (χ3v) is 3.76. The highest BCUT2D eigenvalue weighted by molar-refractivity contribution is 8.00. The van der Waals surface area contributed by atoms with Crippen molar-refractivity contribution in [1.82, 2.24) is 10.3 Å². The first-order chi connectivity index (χ1) is 9.65. The van der Waals surface area contributed by atoms with Gasteiger partial charge in [-0.1, -0.05) is 6.07 Å². The predicted molar refractivity (Wildman–Crippen MR) is 77.9 cm³/mol. The van der Waals surface area contributed by atoms with Gasteiger partial charge >= 0.3 is 0 Å². The van der Waals surface area contributed by atoms with Gasteiger partial charge in [0.05, 0.1) is 11.8 Å². The number of nitrogens with zero attached hydrogens (tertiary/aromatic N) is 1. The molecule has 20 heavy (non-hydrogen) atoms. The Morgan fingerprint density at radius 2 is 2.10 bits per heavy atom. The fourth-order valence-corrected chi connectivity index (χ4v) is 2.39. The Balaban J connectivity index is 1.82. The Kier molecular flexibility index (Phi) is 5.12. The van der Waals surface area contributed by atoms with Crippen LogP contribution in [0.1, 0.15) is 18.5 Å². The van der Waals surface area contributed by atoms with Crippen LogP contribution in [0.15, 0.2) is 53.7 Å². The van der Waals surface area contributed by atoms with E-state index in [0.717, 1.165) is 10.5 Å². The van der Waals surface area contributed by atoms with Crippen LogP contribution in [-0.2, 0) is 4.79 Å². The molecule has 104 valence electrons. The van der Waals surface area contributed by atoms with Gasteiger partial charge < -0.3 is 5.32 Å². The van der Waals surface area contributed by atoms with Gasteiger partial charge in [0.2, 0.25) is 5.91 Å². The van der Waals surface area contributed by atoms with Crippen molar-refractivity contribution >= 4 is 17.7 Å². The van der Waals surface area contributed by atoms with E-state index in [1.54, 1.807) is 24.5 Å². The number of hydrogen-bond donors (Lipinski definition) is 1. The fourth-order valence-electron chi connectivity index (χ4n) is 1.68. The minimum Gasteiger partial charge on any atom is -0.349 e. The molecule has 0 aliphatic carbocycles. The summed E-state index contributed by atoms with van der Waals surface area (Å²) in [4.78, 5) is 16.7. The molecule has 0 saturated carbocycles. The molecule has 0 spiro atoms. The molecule has 1 aromatic carbocycles. The highest BCUT2D eigenvalue weighted by Crippen LogP contribution is 2.18. The first kappa shape index (κ1) is 14.5. The summed E-state index contributed by atoms with van der Waals surface area (Å²) in [5.74, 6) is -0.0318. The molecule has 0 aliphatic heterocycles. The topological polar surface area (TPSA) is 42.0 Å². The quantitative estimate of drug-likeness (QED) is 0.860. The van der Waals surface area contributed by atoms with Crippen LogP contribution in [0.25, 0.3) is 0 Å². The number of benzene rings is 1. The van der Waals surface area contributed by atoms with Crippen molar-refractivity contribution < 1.29 is 9.18 Å². The molecule has 0 aliphatic rings. The molecule has 2 rings (SSSR count). The van der Waals surface area contributed by atoms with E-state index in [0.29, 0.717) is 5.75 Å². The van der Waals surface area contributed by atoms with Crippen LogP contribution in [0.5, 0.6) is 0 Å². The van der Waals surface area contributed by atoms with E-state index in [1.807, 2.05) is 19.1 Å². The SMILES string of the molecule is CC(NC(=O)CSc1ccc(F)cc1)c1cccnc1. The summed E-state index contributed by atoms with van der Waals surface area (Å²) >= 11 is 1.38. The van der Waals surface area contributed by atoms with Crippen molar-refractivity contribution in [2.45, 2.75) is 17.9 Å². The predicted octanol–water partition coefficient (Wildman–Crippen LogP) is 3.19. The zero-order valence-corrected chi connectivity index (χ0v) is 11.9. The monoisotopic (exact) mass is 290 g/mol. The van der Waals surface area contributed by atoms with Gasteiger partial charge in [-0.2, -0.15) is 0 Å². The largest absolute Gasteiger partial charge is 0.349 e. The van der Waals surface area contributed by atoms with Crippen LogP contribution < -0.4 is 5.32 Å². The molecule has 1 atom stereocenters. The molecule has 0 fully saturated rings. The number of aromatic nitrogens is 1. The van der Waals surface area contributed by atoms with Crippen molar-refractivity contribution in [1.29, 1.82) is 0 Å². The summed E-state index contributed by atoms with van der Waals surface area (Å²) < 4.78 is 12.8. The molecule has 1 heterocycles.